The third kappa shape index (κ3) is 2.92. The Balaban J connectivity index is 1.86. The maximum atomic E-state index is 13.0. The van der Waals surface area contributed by atoms with E-state index < -0.39 is 17.7 Å². The molecule has 140 valence electrons. The van der Waals surface area contributed by atoms with Gasteiger partial charge in [0.05, 0.1) is 17.6 Å². The number of carbonyl (C=O) groups is 1. The van der Waals surface area contributed by atoms with Gasteiger partial charge in [-0.2, -0.15) is 10.2 Å². The summed E-state index contributed by atoms with van der Waals surface area (Å²) >= 11 is 1.46. The molecule has 27 heavy (non-hydrogen) atoms. The third-order valence-electron chi connectivity index (χ3n) is 5.51. The van der Waals surface area contributed by atoms with Crippen LogP contribution in [0.4, 0.5) is 11.8 Å². The molecule has 8 heteroatoms. The van der Waals surface area contributed by atoms with Gasteiger partial charge in [-0.1, -0.05) is 0 Å². The van der Waals surface area contributed by atoms with Gasteiger partial charge >= 0.3 is 0 Å². The van der Waals surface area contributed by atoms with Crippen molar-refractivity contribution in [1.82, 2.24) is 9.97 Å². The highest BCUT2D eigenvalue weighted by Crippen LogP contribution is 2.41. The van der Waals surface area contributed by atoms with E-state index in [1.165, 1.54) is 11.3 Å². The lowest BCUT2D eigenvalue weighted by Crippen LogP contribution is -2.42. The Labute approximate surface area is 161 Å². The topological polar surface area (TPSA) is 102 Å². The molecule has 0 aromatic carbocycles. The minimum atomic E-state index is -0.947. The molecule has 3 unspecified atom stereocenters. The normalized spacial score (nSPS) is 24.9. The first-order chi connectivity index (χ1) is 13.0. The van der Waals surface area contributed by atoms with E-state index in [2.05, 4.69) is 33.2 Å². The van der Waals surface area contributed by atoms with Crippen LogP contribution < -0.4 is 15.8 Å². The molecule has 2 aromatic rings. The number of nitrogens with one attached hydrogen (secondary N) is 2. The average molecular weight is 383 g/mol. The molecule has 0 saturated carbocycles. The Kier molecular flexibility index (Phi) is 4.48. The molecule has 3 atom stereocenters. The number of anilines is 2. The number of aryl methyl sites for hydroxylation is 1. The minimum absolute atomic E-state index is 0.279. The first-order valence-electron chi connectivity index (χ1n) is 9.16. The molecule has 4 rings (SSSR count). The van der Waals surface area contributed by atoms with E-state index in [9.17, 15) is 14.9 Å². The fourth-order valence-corrected chi connectivity index (χ4v) is 5.11. The van der Waals surface area contributed by atoms with Crippen LogP contribution in [0, 0.1) is 24.2 Å². The van der Waals surface area contributed by atoms with E-state index in [4.69, 9.17) is 0 Å². The van der Waals surface area contributed by atoms with E-state index in [1.807, 2.05) is 18.4 Å². The zero-order chi connectivity index (χ0) is 19.1. The van der Waals surface area contributed by atoms with Crippen LogP contribution in [0.15, 0.2) is 16.2 Å². The zero-order valence-corrected chi connectivity index (χ0v) is 16.1. The largest absolute Gasteiger partial charge is 0.340 e. The number of piperidine rings is 1. The Hall–Kier alpha value is -2.66. The molecule has 4 heterocycles. The SMILES string of the molecule is Cc1ccsc1C1c2c(nc(N3CCCCC3C)[nH]c2=O)NC(=O)C1C#N. The molecule has 0 bridgehead atoms. The predicted molar refractivity (Wildman–Crippen MR) is 104 cm³/mol. The predicted octanol–water partition coefficient (Wildman–Crippen LogP) is 2.74. The number of nitrogens with zero attached hydrogens (tertiary/aromatic N) is 3. The van der Waals surface area contributed by atoms with Crippen LogP contribution in [0.1, 0.15) is 48.1 Å². The fourth-order valence-electron chi connectivity index (χ4n) is 4.03. The van der Waals surface area contributed by atoms with Crippen LogP contribution in [-0.4, -0.2) is 28.5 Å². The molecule has 2 N–H and O–H groups in total. The highest BCUT2D eigenvalue weighted by Gasteiger charge is 2.41. The van der Waals surface area contributed by atoms with Gasteiger partial charge in [-0.25, -0.2) is 0 Å². The number of nitriles is 1. The second-order valence-electron chi connectivity index (χ2n) is 7.23. The molecular formula is C19H21N5O2S. The van der Waals surface area contributed by atoms with E-state index in [-0.39, 0.29) is 17.4 Å². The maximum absolute atomic E-state index is 13.0. The molecule has 2 aliphatic heterocycles. The van der Waals surface area contributed by atoms with Crippen molar-refractivity contribution in [3.63, 3.8) is 0 Å². The Morgan fingerprint density at radius 3 is 2.85 bits per heavy atom. The molecule has 1 fully saturated rings. The van der Waals surface area contributed by atoms with Gasteiger partial charge in [-0.15, -0.1) is 11.3 Å². The van der Waals surface area contributed by atoms with Gasteiger partial charge in [-0.3, -0.25) is 14.6 Å². The first kappa shape index (κ1) is 17.7. The molecule has 2 aliphatic rings. The van der Waals surface area contributed by atoms with Gasteiger partial charge in [-0.05, 0) is 50.1 Å². The van der Waals surface area contributed by atoms with E-state index >= 15 is 0 Å². The summed E-state index contributed by atoms with van der Waals surface area (Å²) in [5.41, 5.74) is 1.06. The van der Waals surface area contributed by atoms with Crippen molar-refractivity contribution < 1.29 is 4.79 Å². The quantitative estimate of drug-likeness (QED) is 0.830. The average Bonchev–Trinajstić information content (AvgIpc) is 3.06. The summed E-state index contributed by atoms with van der Waals surface area (Å²) < 4.78 is 0. The van der Waals surface area contributed by atoms with Crippen LogP contribution in [0.3, 0.4) is 0 Å². The summed E-state index contributed by atoms with van der Waals surface area (Å²) in [7, 11) is 0. The molecule has 7 nitrogen and oxygen atoms in total. The number of carbonyl (C=O) groups excluding carboxylic acids is 1. The van der Waals surface area contributed by atoms with Crippen molar-refractivity contribution in [3.05, 3.63) is 37.8 Å². The zero-order valence-electron chi connectivity index (χ0n) is 15.3. The summed E-state index contributed by atoms with van der Waals surface area (Å²) in [6.45, 7) is 4.86. The highest BCUT2D eigenvalue weighted by atomic mass is 32.1. The van der Waals surface area contributed by atoms with E-state index in [0.717, 1.165) is 36.2 Å². The molecule has 2 aromatic heterocycles. The van der Waals surface area contributed by atoms with Crippen molar-refractivity contribution in [2.45, 2.75) is 45.1 Å². The second kappa shape index (κ2) is 6.82. The van der Waals surface area contributed by atoms with Gasteiger partial charge < -0.3 is 10.2 Å². The Bertz CT molecular complexity index is 989. The van der Waals surface area contributed by atoms with Gasteiger partial charge in [0.15, 0.2) is 0 Å². The summed E-state index contributed by atoms with van der Waals surface area (Å²) in [4.78, 5) is 36.1. The number of hydrogen-bond acceptors (Lipinski definition) is 6. The minimum Gasteiger partial charge on any atom is -0.340 e. The fraction of sp³-hybridized carbons (Fsp3) is 0.474. The van der Waals surface area contributed by atoms with Gasteiger partial charge in [0.25, 0.3) is 5.56 Å². The first-order valence-corrected chi connectivity index (χ1v) is 10.0. The summed E-state index contributed by atoms with van der Waals surface area (Å²) in [5, 5.41) is 14.2. The number of rotatable bonds is 2. The van der Waals surface area contributed by atoms with Crippen LogP contribution in [-0.2, 0) is 4.79 Å². The lowest BCUT2D eigenvalue weighted by Gasteiger charge is -2.35. The number of fused-ring (bicyclic) bond motifs is 1. The standard InChI is InChI=1S/C19H21N5O2S/c1-10-6-8-27-15(10)13-12(9-20)17(25)21-16-14(13)18(26)23-19(22-16)24-7-4-3-5-11(24)2/h6,8,11-13H,3-5,7H2,1-2H3,(H2,21,22,23,25,26). The number of hydrogen-bond donors (Lipinski definition) is 2. The lowest BCUT2D eigenvalue weighted by atomic mass is 9.82. The number of thiophene rings is 1. The van der Waals surface area contributed by atoms with E-state index in [0.29, 0.717) is 11.5 Å². The van der Waals surface area contributed by atoms with Crippen LogP contribution in [0.25, 0.3) is 0 Å². The number of amides is 1. The van der Waals surface area contributed by atoms with Crippen molar-refractivity contribution in [2.24, 2.45) is 5.92 Å². The monoisotopic (exact) mass is 383 g/mol. The van der Waals surface area contributed by atoms with Gasteiger partial charge in [0, 0.05) is 17.5 Å². The molecule has 0 aliphatic carbocycles. The number of aromatic amines is 1. The lowest BCUT2D eigenvalue weighted by molar-refractivity contribution is -0.119. The maximum Gasteiger partial charge on any atom is 0.258 e. The van der Waals surface area contributed by atoms with Gasteiger partial charge in [0.1, 0.15) is 11.7 Å². The molecule has 1 saturated heterocycles. The van der Waals surface area contributed by atoms with Crippen molar-refractivity contribution >= 4 is 29.0 Å². The Morgan fingerprint density at radius 1 is 1.37 bits per heavy atom. The smallest absolute Gasteiger partial charge is 0.258 e. The van der Waals surface area contributed by atoms with Crippen LogP contribution >= 0.6 is 11.3 Å². The molecule has 1 amide bonds. The van der Waals surface area contributed by atoms with Crippen LogP contribution in [0.2, 0.25) is 0 Å². The van der Waals surface area contributed by atoms with Crippen LogP contribution in [0.5, 0.6) is 0 Å². The van der Waals surface area contributed by atoms with Crippen molar-refractivity contribution in [1.29, 1.82) is 5.26 Å². The summed E-state index contributed by atoms with van der Waals surface area (Å²) in [6, 6.07) is 4.29. The van der Waals surface area contributed by atoms with Crippen molar-refractivity contribution in [2.75, 3.05) is 16.8 Å². The second-order valence-corrected chi connectivity index (χ2v) is 8.18. The Morgan fingerprint density at radius 2 is 2.19 bits per heavy atom. The number of H-pyrrole nitrogens is 1. The summed E-state index contributed by atoms with van der Waals surface area (Å²) in [6.07, 6.45) is 3.25. The molecule has 0 spiro atoms. The van der Waals surface area contributed by atoms with Gasteiger partial charge in [0.2, 0.25) is 11.9 Å². The van der Waals surface area contributed by atoms with Crippen molar-refractivity contribution in [3.8, 4) is 6.07 Å². The number of aromatic nitrogens is 2. The third-order valence-corrected chi connectivity index (χ3v) is 6.61. The van der Waals surface area contributed by atoms with E-state index in [1.54, 1.807) is 0 Å². The summed E-state index contributed by atoms with van der Waals surface area (Å²) in [5.74, 6) is -1.18. The molecular weight excluding hydrogens is 362 g/mol. The highest BCUT2D eigenvalue weighted by molar-refractivity contribution is 7.10. The molecule has 0 radical (unpaired) electrons.